The number of anilines is 3. The number of nitrogens with one attached hydrogen (secondary N) is 1. The van der Waals surface area contributed by atoms with Gasteiger partial charge in [-0.1, -0.05) is 6.07 Å². The van der Waals surface area contributed by atoms with Crippen molar-refractivity contribution in [1.29, 1.82) is 0 Å². The Labute approximate surface area is 150 Å². The molecule has 6 N–H and O–H groups in total. The van der Waals surface area contributed by atoms with Crippen LogP contribution in [0.25, 0.3) is 10.9 Å². The Kier molecular flexibility index (Phi) is 4.57. The number of fused-ring (bicyclic) bond motifs is 1. The van der Waals surface area contributed by atoms with Crippen molar-refractivity contribution in [2.45, 2.75) is 13.5 Å². The molecule has 1 heterocycles. The number of aromatic nitrogens is 2. The zero-order valence-corrected chi connectivity index (χ0v) is 14.8. The Morgan fingerprint density at radius 1 is 1.12 bits per heavy atom. The van der Waals surface area contributed by atoms with Gasteiger partial charge in [-0.3, -0.25) is 0 Å². The van der Waals surface area contributed by atoms with E-state index in [1.54, 1.807) is 12.1 Å². The zero-order valence-electron chi connectivity index (χ0n) is 14.8. The number of nitrogen functional groups attached to an aromatic ring is 2. The lowest BCUT2D eigenvalue weighted by molar-refractivity contribution is 0.333. The first kappa shape index (κ1) is 17.4. The van der Waals surface area contributed by atoms with Gasteiger partial charge in [-0.25, -0.2) is 4.98 Å². The van der Waals surface area contributed by atoms with Crippen LogP contribution in [0, 0.1) is 6.92 Å². The van der Waals surface area contributed by atoms with Gasteiger partial charge >= 0.3 is 0 Å². The van der Waals surface area contributed by atoms with Crippen molar-refractivity contribution in [3.63, 3.8) is 0 Å². The number of phenols is 1. The average Bonchev–Trinajstić information content (AvgIpc) is 2.60. The topological polar surface area (TPSA) is 129 Å². The van der Waals surface area contributed by atoms with Crippen LogP contribution in [0.1, 0.15) is 11.1 Å². The molecule has 0 spiro atoms. The Morgan fingerprint density at radius 3 is 2.58 bits per heavy atom. The molecular formula is C18H21N5O3. The van der Waals surface area contributed by atoms with Gasteiger partial charge in [0.15, 0.2) is 11.5 Å². The largest absolute Gasteiger partial charge is 0.504 e. The SMILES string of the molecule is COc1cc(NCc2ccc3nc(N)nc(N)c3c2C)cc(O)c1OC. The predicted octanol–water partition coefficient (Wildman–Crippen LogP) is 2.44. The van der Waals surface area contributed by atoms with Gasteiger partial charge in [0.2, 0.25) is 11.7 Å². The van der Waals surface area contributed by atoms with Crippen LogP contribution in [-0.4, -0.2) is 29.3 Å². The summed E-state index contributed by atoms with van der Waals surface area (Å²) in [4.78, 5) is 8.25. The number of nitrogens with zero attached hydrogens (tertiary/aromatic N) is 2. The third-order valence-electron chi connectivity index (χ3n) is 4.22. The number of phenolic OH excluding ortho intramolecular Hbond substituents is 1. The number of benzene rings is 2. The molecule has 3 rings (SSSR count). The lowest BCUT2D eigenvalue weighted by Crippen LogP contribution is -2.05. The molecule has 0 amide bonds. The van der Waals surface area contributed by atoms with E-state index in [-0.39, 0.29) is 11.7 Å². The van der Waals surface area contributed by atoms with Gasteiger partial charge < -0.3 is 31.4 Å². The van der Waals surface area contributed by atoms with Gasteiger partial charge in [-0.05, 0) is 24.1 Å². The molecule has 3 aromatic rings. The van der Waals surface area contributed by atoms with Crippen LogP contribution in [0.4, 0.5) is 17.5 Å². The maximum absolute atomic E-state index is 10.1. The number of aromatic hydroxyl groups is 1. The molecule has 0 aliphatic rings. The highest BCUT2D eigenvalue weighted by Gasteiger charge is 2.13. The summed E-state index contributed by atoms with van der Waals surface area (Å²) in [5.41, 5.74) is 15.1. The normalized spacial score (nSPS) is 10.7. The Balaban J connectivity index is 1.91. The van der Waals surface area contributed by atoms with Crippen molar-refractivity contribution in [3.8, 4) is 17.2 Å². The van der Waals surface area contributed by atoms with E-state index in [0.717, 1.165) is 16.5 Å². The smallest absolute Gasteiger partial charge is 0.222 e. The van der Waals surface area contributed by atoms with Gasteiger partial charge in [0.25, 0.3) is 0 Å². The van der Waals surface area contributed by atoms with Gasteiger partial charge in [0, 0.05) is 29.8 Å². The molecule has 0 aliphatic carbocycles. The zero-order chi connectivity index (χ0) is 18.8. The van der Waals surface area contributed by atoms with Gasteiger partial charge in [-0.15, -0.1) is 0 Å². The van der Waals surface area contributed by atoms with Crippen LogP contribution >= 0.6 is 0 Å². The van der Waals surface area contributed by atoms with Crippen LogP contribution in [0.2, 0.25) is 0 Å². The highest BCUT2D eigenvalue weighted by molar-refractivity contribution is 5.92. The number of aryl methyl sites for hydroxylation is 1. The highest BCUT2D eigenvalue weighted by Crippen LogP contribution is 2.39. The number of hydrogen-bond acceptors (Lipinski definition) is 8. The molecule has 0 unspecified atom stereocenters. The van der Waals surface area contributed by atoms with Crippen LogP contribution < -0.4 is 26.3 Å². The Hall–Kier alpha value is -3.42. The van der Waals surface area contributed by atoms with E-state index in [0.29, 0.717) is 35.1 Å². The Bertz CT molecular complexity index is 975. The average molecular weight is 355 g/mol. The van der Waals surface area contributed by atoms with E-state index in [1.807, 2.05) is 19.1 Å². The van der Waals surface area contributed by atoms with Crippen LogP contribution in [0.15, 0.2) is 24.3 Å². The molecule has 0 radical (unpaired) electrons. The summed E-state index contributed by atoms with van der Waals surface area (Å²) in [7, 11) is 2.99. The second-order valence-corrected chi connectivity index (χ2v) is 5.80. The number of rotatable bonds is 5. The molecule has 0 fully saturated rings. The molecule has 8 nitrogen and oxygen atoms in total. The molecule has 0 saturated heterocycles. The molecule has 0 aliphatic heterocycles. The molecule has 0 atom stereocenters. The fraction of sp³-hybridized carbons (Fsp3) is 0.222. The summed E-state index contributed by atoms with van der Waals surface area (Å²) in [5.74, 6) is 1.25. The molecule has 0 saturated carbocycles. The van der Waals surface area contributed by atoms with E-state index in [9.17, 15) is 5.11 Å². The molecule has 1 aromatic heterocycles. The molecule has 26 heavy (non-hydrogen) atoms. The first-order chi connectivity index (χ1) is 12.4. The maximum Gasteiger partial charge on any atom is 0.222 e. The second kappa shape index (κ2) is 6.83. The van der Waals surface area contributed by atoms with Crippen molar-refractivity contribution < 1.29 is 14.6 Å². The number of nitrogens with two attached hydrogens (primary N) is 2. The first-order valence-electron chi connectivity index (χ1n) is 7.94. The Morgan fingerprint density at radius 2 is 1.88 bits per heavy atom. The van der Waals surface area contributed by atoms with Crippen LogP contribution in [-0.2, 0) is 6.54 Å². The summed E-state index contributed by atoms with van der Waals surface area (Å²) in [6, 6.07) is 7.15. The van der Waals surface area contributed by atoms with Gasteiger partial charge in [0.1, 0.15) is 5.82 Å². The lowest BCUT2D eigenvalue weighted by atomic mass is 10.0. The second-order valence-electron chi connectivity index (χ2n) is 5.80. The van der Waals surface area contributed by atoms with Gasteiger partial charge in [0.05, 0.1) is 19.7 Å². The van der Waals surface area contributed by atoms with Gasteiger partial charge in [-0.2, -0.15) is 4.98 Å². The fourth-order valence-electron chi connectivity index (χ4n) is 2.92. The monoisotopic (exact) mass is 355 g/mol. The first-order valence-corrected chi connectivity index (χ1v) is 7.94. The molecule has 0 bridgehead atoms. The van der Waals surface area contributed by atoms with Crippen molar-refractivity contribution in [3.05, 3.63) is 35.4 Å². The summed E-state index contributed by atoms with van der Waals surface area (Å²) < 4.78 is 10.4. The number of hydrogen-bond donors (Lipinski definition) is 4. The standard InChI is InChI=1S/C18H21N5O3/c1-9-10(4-5-12-15(9)17(19)23-18(20)22-12)8-21-11-6-13(24)16(26-3)14(7-11)25-2/h4-7,21,24H,8H2,1-3H3,(H4,19,20,22,23). The third-order valence-corrected chi connectivity index (χ3v) is 4.22. The third kappa shape index (κ3) is 3.08. The molecule has 2 aromatic carbocycles. The predicted molar refractivity (Wildman–Crippen MR) is 102 cm³/mol. The minimum Gasteiger partial charge on any atom is -0.504 e. The van der Waals surface area contributed by atoms with E-state index in [4.69, 9.17) is 20.9 Å². The fourth-order valence-corrected chi connectivity index (χ4v) is 2.92. The van der Waals surface area contributed by atoms with E-state index in [2.05, 4.69) is 15.3 Å². The number of methoxy groups -OCH3 is 2. The minimum atomic E-state index is -0.00213. The van der Waals surface area contributed by atoms with E-state index < -0.39 is 0 Å². The van der Waals surface area contributed by atoms with E-state index >= 15 is 0 Å². The maximum atomic E-state index is 10.1. The van der Waals surface area contributed by atoms with Crippen molar-refractivity contribution in [2.24, 2.45) is 0 Å². The van der Waals surface area contributed by atoms with Crippen LogP contribution in [0.3, 0.4) is 0 Å². The molecule has 136 valence electrons. The van der Waals surface area contributed by atoms with Crippen molar-refractivity contribution >= 4 is 28.4 Å². The quantitative estimate of drug-likeness (QED) is 0.549. The molecule has 8 heteroatoms. The molecular weight excluding hydrogens is 334 g/mol. The minimum absolute atomic E-state index is 0.00213. The van der Waals surface area contributed by atoms with Crippen molar-refractivity contribution in [1.82, 2.24) is 9.97 Å². The number of ether oxygens (including phenoxy) is 2. The van der Waals surface area contributed by atoms with Crippen molar-refractivity contribution in [2.75, 3.05) is 31.0 Å². The summed E-state index contributed by atoms with van der Waals surface area (Å²) >= 11 is 0. The van der Waals surface area contributed by atoms with Crippen LogP contribution in [0.5, 0.6) is 17.2 Å². The lowest BCUT2D eigenvalue weighted by Gasteiger charge is -2.15. The summed E-state index contributed by atoms with van der Waals surface area (Å²) in [6.45, 7) is 2.47. The highest BCUT2D eigenvalue weighted by atomic mass is 16.5. The van der Waals surface area contributed by atoms with E-state index in [1.165, 1.54) is 14.2 Å². The summed E-state index contributed by atoms with van der Waals surface area (Å²) in [5, 5.41) is 14.1. The summed E-state index contributed by atoms with van der Waals surface area (Å²) in [6.07, 6.45) is 0.